The average molecular weight is 616 g/mol. The molecule has 0 aliphatic carbocycles. The highest BCUT2D eigenvalue weighted by atomic mass is 16.5. The molecule has 0 fully saturated rings. The normalized spacial score (nSPS) is 12.7. The van der Waals surface area contributed by atoms with E-state index in [1.807, 2.05) is 30.3 Å². The summed E-state index contributed by atoms with van der Waals surface area (Å²) in [5.74, 6) is 0.801. The van der Waals surface area contributed by atoms with E-state index in [1.165, 1.54) is 27.6 Å². The molecule has 0 aliphatic heterocycles. The number of carbonyl (C=O) groups is 1. The van der Waals surface area contributed by atoms with Gasteiger partial charge in [0.15, 0.2) is 0 Å². The van der Waals surface area contributed by atoms with Crippen molar-refractivity contribution in [2.75, 3.05) is 19.6 Å². The number of nitrogens with one attached hydrogen (secondary N) is 1. The minimum atomic E-state index is -0.102. The van der Waals surface area contributed by atoms with Gasteiger partial charge in [-0.25, -0.2) is 0 Å². The molecule has 1 N–H and O–H groups in total. The van der Waals surface area contributed by atoms with Crippen LogP contribution in [0.4, 0.5) is 0 Å². The van der Waals surface area contributed by atoms with Crippen molar-refractivity contribution in [3.05, 3.63) is 137 Å². The van der Waals surface area contributed by atoms with Gasteiger partial charge in [-0.05, 0) is 86.8 Å². The van der Waals surface area contributed by atoms with Crippen molar-refractivity contribution >= 4 is 16.8 Å². The summed E-state index contributed by atoms with van der Waals surface area (Å²) in [5.41, 5.74) is 7.10. The van der Waals surface area contributed by atoms with Crippen LogP contribution in [0.3, 0.4) is 0 Å². The van der Waals surface area contributed by atoms with Crippen LogP contribution in [0.1, 0.15) is 73.8 Å². The summed E-state index contributed by atoms with van der Waals surface area (Å²) in [6.07, 6.45) is 4.68. The fourth-order valence-corrected chi connectivity index (χ4v) is 6.27. The van der Waals surface area contributed by atoms with Gasteiger partial charge in [0, 0.05) is 42.0 Å². The zero-order valence-corrected chi connectivity index (χ0v) is 27.9. The fraction of sp³-hybridized carbons (Fsp3) is 0.341. The molecule has 0 radical (unpaired) electrons. The van der Waals surface area contributed by atoms with E-state index in [1.54, 1.807) is 0 Å². The second kappa shape index (κ2) is 16.3. The van der Waals surface area contributed by atoms with E-state index < -0.39 is 0 Å². The minimum Gasteiger partial charge on any atom is -0.489 e. The molecule has 1 aromatic heterocycles. The van der Waals surface area contributed by atoms with Gasteiger partial charge in [0.1, 0.15) is 12.4 Å². The van der Waals surface area contributed by atoms with Crippen molar-refractivity contribution in [3.8, 4) is 5.75 Å². The van der Waals surface area contributed by atoms with Crippen molar-refractivity contribution in [1.29, 1.82) is 0 Å². The van der Waals surface area contributed by atoms with Gasteiger partial charge < -0.3 is 19.5 Å². The summed E-state index contributed by atoms with van der Waals surface area (Å²) < 4.78 is 8.43. The summed E-state index contributed by atoms with van der Waals surface area (Å²) in [7, 11) is 0. The first kappa shape index (κ1) is 33.0. The molecule has 0 aliphatic rings. The lowest BCUT2D eigenvalue weighted by molar-refractivity contribution is -0.121. The first-order valence-electron chi connectivity index (χ1n) is 16.8. The maximum absolute atomic E-state index is 13.7. The number of hydrogen-bond donors (Lipinski definition) is 1. The van der Waals surface area contributed by atoms with E-state index >= 15 is 0 Å². The molecular weight excluding hydrogens is 566 g/mol. The number of benzene rings is 4. The zero-order valence-electron chi connectivity index (χ0n) is 27.9. The van der Waals surface area contributed by atoms with Gasteiger partial charge >= 0.3 is 0 Å². The maximum atomic E-state index is 13.7. The number of ether oxygens (including phenoxy) is 1. The van der Waals surface area contributed by atoms with Gasteiger partial charge in [-0.1, -0.05) is 104 Å². The fourth-order valence-electron chi connectivity index (χ4n) is 6.27. The Labute approximate surface area is 275 Å². The second-order valence-corrected chi connectivity index (χ2v) is 12.5. The maximum Gasteiger partial charge on any atom is 0.221 e. The smallest absolute Gasteiger partial charge is 0.221 e. The summed E-state index contributed by atoms with van der Waals surface area (Å²) in [4.78, 5) is 16.1. The highest BCUT2D eigenvalue weighted by Gasteiger charge is 2.24. The standard InChI is InChI=1S/C41H49N3O2/c1-5-43(6-2)26-12-13-32(4)42-41(45)27-38(35-22-24-36(25-23-35)46-30-34-14-8-7-9-15-34)39-29-44(40-17-11-10-16-37(39)40)28-33-20-18-31(3)19-21-33/h7-11,14-25,29,32,38H,5-6,12-13,26-28,30H2,1-4H3,(H,42,45)/t32-,38-/m0/s1. The van der Waals surface area contributed by atoms with Gasteiger partial charge in [0.25, 0.3) is 0 Å². The molecule has 5 heteroatoms. The van der Waals surface area contributed by atoms with Crippen LogP contribution in [0.15, 0.2) is 109 Å². The van der Waals surface area contributed by atoms with Crippen molar-refractivity contribution in [2.24, 2.45) is 0 Å². The molecule has 0 saturated carbocycles. The Bertz CT molecular complexity index is 1650. The Morgan fingerprint density at radius 1 is 0.848 bits per heavy atom. The van der Waals surface area contributed by atoms with Crippen molar-refractivity contribution in [2.45, 2.75) is 72.1 Å². The summed E-state index contributed by atoms with van der Waals surface area (Å²) in [6, 6.07) is 35.9. The molecule has 2 atom stereocenters. The monoisotopic (exact) mass is 615 g/mol. The lowest BCUT2D eigenvalue weighted by atomic mass is 9.88. The zero-order chi connectivity index (χ0) is 32.3. The molecule has 0 spiro atoms. The van der Waals surface area contributed by atoms with Gasteiger partial charge in [-0.2, -0.15) is 0 Å². The van der Waals surface area contributed by atoms with Crippen molar-refractivity contribution < 1.29 is 9.53 Å². The third-order valence-corrected chi connectivity index (χ3v) is 9.00. The number of aromatic nitrogens is 1. The number of rotatable bonds is 16. The van der Waals surface area contributed by atoms with Gasteiger partial charge in [-0.15, -0.1) is 0 Å². The molecular formula is C41H49N3O2. The average Bonchev–Trinajstić information content (AvgIpc) is 3.44. The molecule has 4 aromatic carbocycles. The molecule has 5 rings (SSSR count). The topological polar surface area (TPSA) is 46.5 Å². The Morgan fingerprint density at radius 3 is 2.26 bits per heavy atom. The first-order chi connectivity index (χ1) is 22.4. The van der Waals surface area contributed by atoms with E-state index in [4.69, 9.17) is 4.74 Å². The van der Waals surface area contributed by atoms with Crippen LogP contribution in [-0.4, -0.2) is 41.1 Å². The predicted octanol–water partition coefficient (Wildman–Crippen LogP) is 8.73. The van der Waals surface area contributed by atoms with Gasteiger partial charge in [-0.3, -0.25) is 4.79 Å². The summed E-state index contributed by atoms with van der Waals surface area (Å²) >= 11 is 0. The van der Waals surface area contributed by atoms with E-state index in [0.717, 1.165) is 55.9 Å². The SMILES string of the molecule is CCN(CC)CCC[C@H](C)NC(=O)C[C@@H](c1ccc(OCc2ccccc2)cc1)c1cn(Cc2ccc(C)cc2)c2ccccc12. The second-order valence-electron chi connectivity index (χ2n) is 12.5. The summed E-state index contributed by atoms with van der Waals surface area (Å²) in [6.45, 7) is 13.1. The van der Waals surface area contributed by atoms with Crippen LogP contribution >= 0.6 is 0 Å². The van der Waals surface area contributed by atoms with E-state index in [0.29, 0.717) is 13.0 Å². The van der Waals surface area contributed by atoms with E-state index in [-0.39, 0.29) is 17.9 Å². The quantitative estimate of drug-likeness (QED) is 0.121. The Morgan fingerprint density at radius 2 is 1.54 bits per heavy atom. The van der Waals surface area contributed by atoms with E-state index in [2.05, 4.69) is 121 Å². The molecule has 46 heavy (non-hydrogen) atoms. The number of carbonyl (C=O) groups excluding carboxylic acids is 1. The van der Waals surface area contributed by atoms with Crippen molar-refractivity contribution in [1.82, 2.24) is 14.8 Å². The molecule has 0 bridgehead atoms. The van der Waals surface area contributed by atoms with Crippen LogP contribution in [0.2, 0.25) is 0 Å². The lowest BCUT2D eigenvalue weighted by Gasteiger charge is -2.21. The Balaban J connectivity index is 1.39. The predicted molar refractivity (Wildman–Crippen MR) is 191 cm³/mol. The van der Waals surface area contributed by atoms with E-state index in [9.17, 15) is 4.79 Å². The highest BCUT2D eigenvalue weighted by Crippen LogP contribution is 2.36. The number of fused-ring (bicyclic) bond motifs is 1. The largest absolute Gasteiger partial charge is 0.489 e. The van der Waals surface area contributed by atoms with Crippen LogP contribution < -0.4 is 10.1 Å². The first-order valence-corrected chi connectivity index (χ1v) is 16.8. The minimum absolute atomic E-state index is 0.0834. The van der Waals surface area contributed by atoms with Crippen LogP contribution in [0.5, 0.6) is 5.75 Å². The molecule has 0 unspecified atom stereocenters. The molecule has 1 amide bonds. The molecule has 240 valence electrons. The number of nitrogens with zero attached hydrogens (tertiary/aromatic N) is 2. The number of hydrogen-bond acceptors (Lipinski definition) is 3. The molecule has 0 saturated heterocycles. The number of para-hydroxylation sites is 1. The van der Waals surface area contributed by atoms with Crippen molar-refractivity contribution in [3.63, 3.8) is 0 Å². The highest BCUT2D eigenvalue weighted by molar-refractivity contribution is 5.87. The van der Waals surface area contributed by atoms with Crippen LogP contribution in [0.25, 0.3) is 10.9 Å². The summed E-state index contributed by atoms with van der Waals surface area (Å²) in [5, 5.41) is 4.50. The molecule has 1 heterocycles. The van der Waals surface area contributed by atoms with Gasteiger partial charge in [0.05, 0.1) is 0 Å². The molecule has 5 nitrogen and oxygen atoms in total. The van der Waals surface area contributed by atoms with Crippen LogP contribution in [-0.2, 0) is 17.9 Å². The third kappa shape index (κ3) is 8.88. The third-order valence-electron chi connectivity index (χ3n) is 9.00. The van der Waals surface area contributed by atoms with Gasteiger partial charge in [0.2, 0.25) is 5.91 Å². The number of aryl methyl sites for hydroxylation is 1. The molecule has 5 aromatic rings. The van der Waals surface area contributed by atoms with Crippen LogP contribution in [0, 0.1) is 6.92 Å². The Hall–Kier alpha value is -4.35. The lowest BCUT2D eigenvalue weighted by Crippen LogP contribution is -2.34. The Kier molecular flexibility index (Phi) is 11.7. The number of amides is 1.